The summed E-state index contributed by atoms with van der Waals surface area (Å²) >= 11 is 0. The molecule has 1 amide bonds. The van der Waals surface area contributed by atoms with Gasteiger partial charge in [0.2, 0.25) is 0 Å². The number of carbonyl (C=O) groups is 1. The lowest BCUT2D eigenvalue weighted by atomic mass is 9.96. The maximum atomic E-state index is 12.4. The maximum Gasteiger partial charge on any atom is 0.256 e. The van der Waals surface area contributed by atoms with Crippen molar-refractivity contribution in [3.8, 4) is 0 Å². The van der Waals surface area contributed by atoms with Gasteiger partial charge in [-0.3, -0.25) is 4.79 Å². The van der Waals surface area contributed by atoms with Crippen LogP contribution in [-0.2, 0) is 4.79 Å². The minimum Gasteiger partial charge on any atom is -0.354 e. The van der Waals surface area contributed by atoms with Crippen molar-refractivity contribution < 1.29 is 4.79 Å². The smallest absolute Gasteiger partial charge is 0.256 e. The Kier molecular flexibility index (Phi) is 3.07. The van der Waals surface area contributed by atoms with Crippen LogP contribution in [0.5, 0.6) is 0 Å². The molecule has 0 atom stereocenters. The number of amides is 1. The van der Waals surface area contributed by atoms with Crippen molar-refractivity contribution in [3.63, 3.8) is 0 Å². The zero-order chi connectivity index (χ0) is 17.8. The molecule has 5 rings (SSSR count). The molecule has 0 spiro atoms. The molecule has 0 fully saturated rings. The van der Waals surface area contributed by atoms with Gasteiger partial charge in [0.25, 0.3) is 5.91 Å². The largest absolute Gasteiger partial charge is 0.354 e. The van der Waals surface area contributed by atoms with E-state index in [1.165, 1.54) is 16.3 Å². The van der Waals surface area contributed by atoms with Crippen molar-refractivity contribution >= 4 is 45.0 Å². The predicted molar refractivity (Wildman–Crippen MR) is 108 cm³/mol. The van der Waals surface area contributed by atoms with E-state index in [9.17, 15) is 4.79 Å². The second-order valence-corrected chi connectivity index (χ2v) is 6.89. The van der Waals surface area contributed by atoms with Gasteiger partial charge in [-0.25, -0.2) is 0 Å². The van der Waals surface area contributed by atoms with Crippen molar-refractivity contribution in [1.82, 2.24) is 4.98 Å². The third kappa shape index (κ3) is 2.04. The third-order valence-electron chi connectivity index (χ3n) is 5.29. The Morgan fingerprint density at radius 3 is 2.62 bits per heavy atom. The summed E-state index contributed by atoms with van der Waals surface area (Å²) in [7, 11) is 0. The Balaban J connectivity index is 1.77. The average Bonchev–Trinajstić information content (AvgIpc) is 3.18. The van der Waals surface area contributed by atoms with Gasteiger partial charge in [-0.15, -0.1) is 0 Å². The molecular formula is C23H18N2O. The van der Waals surface area contributed by atoms with Gasteiger partial charge in [0.1, 0.15) is 0 Å². The van der Waals surface area contributed by atoms with Crippen LogP contribution in [0.1, 0.15) is 22.3 Å². The first-order valence-electron chi connectivity index (χ1n) is 8.76. The summed E-state index contributed by atoms with van der Waals surface area (Å²) in [5.74, 6) is -0.0417. The van der Waals surface area contributed by atoms with Gasteiger partial charge in [0, 0.05) is 33.1 Å². The van der Waals surface area contributed by atoms with Crippen molar-refractivity contribution in [2.45, 2.75) is 13.8 Å². The molecule has 1 aliphatic heterocycles. The van der Waals surface area contributed by atoms with Crippen LogP contribution in [0.4, 0.5) is 5.69 Å². The Bertz CT molecular complexity index is 1240. The standard InChI is InChI=1S/C23H18N2O/c1-13-11-15(12-18-16-7-3-5-9-19(16)25-23(18)26)14(2)22-21(13)17-8-4-6-10-20(17)24-22/h3-12,24H,1-2H3,(H,25,26). The molecule has 2 heterocycles. The van der Waals surface area contributed by atoms with E-state index in [0.717, 1.165) is 39.0 Å². The first kappa shape index (κ1) is 15.0. The fraction of sp³-hybridized carbons (Fsp3) is 0.0870. The van der Waals surface area contributed by atoms with Crippen LogP contribution in [0.15, 0.2) is 54.6 Å². The number of hydrogen-bond acceptors (Lipinski definition) is 1. The Hall–Kier alpha value is -3.33. The summed E-state index contributed by atoms with van der Waals surface area (Å²) < 4.78 is 0. The number of fused-ring (bicyclic) bond motifs is 4. The van der Waals surface area contributed by atoms with Crippen molar-refractivity contribution in [1.29, 1.82) is 0 Å². The lowest BCUT2D eigenvalue weighted by Gasteiger charge is -2.07. The quantitative estimate of drug-likeness (QED) is 0.447. The lowest BCUT2D eigenvalue weighted by Crippen LogP contribution is -2.03. The zero-order valence-electron chi connectivity index (χ0n) is 14.7. The van der Waals surface area contributed by atoms with Crippen molar-refractivity contribution in [2.75, 3.05) is 5.32 Å². The topological polar surface area (TPSA) is 44.9 Å². The van der Waals surface area contributed by atoms with Crippen molar-refractivity contribution in [2.24, 2.45) is 0 Å². The molecule has 2 N–H and O–H groups in total. The van der Waals surface area contributed by atoms with E-state index in [0.29, 0.717) is 0 Å². The third-order valence-corrected chi connectivity index (χ3v) is 5.29. The molecule has 4 aromatic rings. The molecule has 0 unspecified atom stereocenters. The number of carbonyl (C=O) groups excluding carboxylic acids is 1. The van der Waals surface area contributed by atoms with E-state index in [4.69, 9.17) is 0 Å². The monoisotopic (exact) mass is 338 g/mol. The van der Waals surface area contributed by atoms with Crippen LogP contribution in [0, 0.1) is 13.8 Å². The molecular weight excluding hydrogens is 320 g/mol. The molecule has 1 aliphatic rings. The molecule has 26 heavy (non-hydrogen) atoms. The first-order chi connectivity index (χ1) is 12.6. The number of rotatable bonds is 1. The summed E-state index contributed by atoms with van der Waals surface area (Å²) in [6.45, 7) is 4.25. The number of para-hydroxylation sites is 2. The molecule has 0 saturated carbocycles. The number of aryl methyl sites for hydroxylation is 2. The summed E-state index contributed by atoms with van der Waals surface area (Å²) in [5, 5.41) is 5.45. The van der Waals surface area contributed by atoms with Crippen LogP contribution < -0.4 is 5.32 Å². The van der Waals surface area contributed by atoms with Gasteiger partial charge in [-0.05, 0) is 48.7 Å². The number of aromatic amines is 1. The van der Waals surface area contributed by atoms with E-state index < -0.39 is 0 Å². The van der Waals surface area contributed by atoms with E-state index in [1.807, 2.05) is 36.4 Å². The minimum absolute atomic E-state index is 0.0417. The number of benzene rings is 3. The molecule has 0 bridgehead atoms. The molecule has 3 heteroatoms. The molecule has 3 aromatic carbocycles. The lowest BCUT2D eigenvalue weighted by molar-refractivity contribution is -0.110. The fourth-order valence-electron chi connectivity index (χ4n) is 3.98. The number of aromatic nitrogens is 1. The SMILES string of the molecule is Cc1c(C=C2C(=O)Nc3ccccc32)cc(C)c2c1[nH]c1ccccc12. The summed E-state index contributed by atoms with van der Waals surface area (Å²) in [5.41, 5.74) is 8.29. The predicted octanol–water partition coefficient (Wildman–Crippen LogP) is 5.43. The molecule has 1 aromatic heterocycles. The number of anilines is 1. The van der Waals surface area contributed by atoms with Gasteiger partial charge >= 0.3 is 0 Å². The summed E-state index contributed by atoms with van der Waals surface area (Å²) in [6, 6.07) is 18.4. The summed E-state index contributed by atoms with van der Waals surface area (Å²) in [6.07, 6.45) is 2.01. The van der Waals surface area contributed by atoms with Crippen LogP contribution in [0.2, 0.25) is 0 Å². The molecule has 0 aliphatic carbocycles. The van der Waals surface area contributed by atoms with Crippen LogP contribution >= 0.6 is 0 Å². The highest BCUT2D eigenvalue weighted by atomic mass is 16.2. The molecule has 3 nitrogen and oxygen atoms in total. The maximum absolute atomic E-state index is 12.4. The highest BCUT2D eigenvalue weighted by molar-refractivity contribution is 6.35. The second kappa shape index (κ2) is 5.33. The highest BCUT2D eigenvalue weighted by Gasteiger charge is 2.24. The Morgan fingerprint density at radius 1 is 0.962 bits per heavy atom. The van der Waals surface area contributed by atoms with Crippen LogP contribution in [0.3, 0.4) is 0 Å². The van der Waals surface area contributed by atoms with Gasteiger partial charge in [0.15, 0.2) is 0 Å². The van der Waals surface area contributed by atoms with Gasteiger partial charge in [-0.1, -0.05) is 42.5 Å². The van der Waals surface area contributed by atoms with Crippen molar-refractivity contribution in [3.05, 3.63) is 76.9 Å². The average molecular weight is 338 g/mol. The van der Waals surface area contributed by atoms with Crippen LogP contribution in [-0.4, -0.2) is 10.9 Å². The number of hydrogen-bond donors (Lipinski definition) is 2. The molecule has 0 radical (unpaired) electrons. The number of H-pyrrole nitrogens is 1. The zero-order valence-corrected chi connectivity index (χ0v) is 14.7. The summed E-state index contributed by atoms with van der Waals surface area (Å²) in [4.78, 5) is 16.0. The fourth-order valence-corrected chi connectivity index (χ4v) is 3.98. The second-order valence-electron chi connectivity index (χ2n) is 6.89. The van der Waals surface area contributed by atoms with Gasteiger partial charge < -0.3 is 10.3 Å². The first-order valence-corrected chi connectivity index (χ1v) is 8.76. The van der Waals surface area contributed by atoms with E-state index in [1.54, 1.807) is 0 Å². The number of nitrogens with one attached hydrogen (secondary N) is 2. The Labute approximate surface area is 151 Å². The van der Waals surface area contributed by atoms with Gasteiger partial charge in [-0.2, -0.15) is 0 Å². The highest BCUT2D eigenvalue weighted by Crippen LogP contribution is 2.36. The molecule has 0 saturated heterocycles. The van der Waals surface area contributed by atoms with E-state index >= 15 is 0 Å². The van der Waals surface area contributed by atoms with E-state index in [-0.39, 0.29) is 5.91 Å². The van der Waals surface area contributed by atoms with Crippen LogP contribution in [0.25, 0.3) is 33.5 Å². The normalized spacial score (nSPS) is 15.0. The molecule has 126 valence electrons. The van der Waals surface area contributed by atoms with E-state index in [2.05, 4.69) is 48.4 Å². The Morgan fingerprint density at radius 2 is 1.73 bits per heavy atom. The minimum atomic E-state index is -0.0417. The van der Waals surface area contributed by atoms with Gasteiger partial charge in [0.05, 0.1) is 5.52 Å².